The highest BCUT2D eigenvalue weighted by Gasteiger charge is 2.18. The fraction of sp³-hybridized carbons (Fsp3) is 0.222. The standard InChI is InChI=1S/C9H8BrClN2OS/c1-13-3-2-12-9(13)7(14)6-4-5(10)8(11)15-6/h2-4,7,14H,1H3. The molecule has 0 saturated carbocycles. The number of aromatic nitrogens is 2. The fourth-order valence-corrected chi connectivity index (χ4v) is 2.99. The number of aryl methyl sites for hydroxylation is 1. The maximum Gasteiger partial charge on any atom is 0.146 e. The van der Waals surface area contributed by atoms with E-state index in [0.717, 1.165) is 9.35 Å². The third kappa shape index (κ3) is 2.10. The Labute approximate surface area is 104 Å². The molecule has 0 aromatic carbocycles. The van der Waals surface area contributed by atoms with E-state index in [9.17, 15) is 5.11 Å². The SMILES string of the molecule is Cn1ccnc1C(O)c1cc(Br)c(Cl)s1. The summed E-state index contributed by atoms with van der Waals surface area (Å²) in [5.41, 5.74) is 0. The highest BCUT2D eigenvalue weighted by Crippen LogP contribution is 2.36. The molecular weight excluding hydrogens is 300 g/mol. The Hall–Kier alpha value is -0.360. The number of nitrogens with zero attached hydrogens (tertiary/aromatic N) is 2. The minimum absolute atomic E-state index is 0.611. The summed E-state index contributed by atoms with van der Waals surface area (Å²) in [6, 6.07) is 1.81. The van der Waals surface area contributed by atoms with Crippen LogP contribution in [0.5, 0.6) is 0 Å². The third-order valence-corrected chi connectivity index (χ3v) is 4.56. The van der Waals surface area contributed by atoms with Crippen molar-refractivity contribution in [3.8, 4) is 0 Å². The van der Waals surface area contributed by atoms with Crippen LogP contribution < -0.4 is 0 Å². The maximum atomic E-state index is 10.0. The first-order valence-electron chi connectivity index (χ1n) is 4.19. The van der Waals surface area contributed by atoms with Gasteiger partial charge in [-0.25, -0.2) is 4.98 Å². The molecular formula is C9H8BrClN2OS. The molecule has 0 radical (unpaired) electrons. The molecule has 2 heterocycles. The first kappa shape index (κ1) is 11.1. The summed E-state index contributed by atoms with van der Waals surface area (Å²) in [6.45, 7) is 0. The summed E-state index contributed by atoms with van der Waals surface area (Å²) >= 11 is 10.6. The summed E-state index contributed by atoms with van der Waals surface area (Å²) in [7, 11) is 1.84. The normalized spacial score (nSPS) is 13.1. The molecule has 3 nitrogen and oxygen atoms in total. The number of aliphatic hydroxyl groups is 1. The van der Waals surface area contributed by atoms with Gasteiger partial charge in [-0.2, -0.15) is 0 Å². The molecule has 15 heavy (non-hydrogen) atoms. The predicted octanol–water partition coefficient (Wildman–Crippen LogP) is 2.98. The lowest BCUT2D eigenvalue weighted by Gasteiger charge is -2.07. The van der Waals surface area contributed by atoms with Crippen molar-refractivity contribution < 1.29 is 5.11 Å². The fourth-order valence-electron chi connectivity index (χ4n) is 1.27. The van der Waals surface area contributed by atoms with E-state index in [2.05, 4.69) is 20.9 Å². The van der Waals surface area contributed by atoms with Gasteiger partial charge in [0.2, 0.25) is 0 Å². The molecule has 6 heteroatoms. The van der Waals surface area contributed by atoms with Gasteiger partial charge in [-0.05, 0) is 22.0 Å². The second kappa shape index (κ2) is 4.25. The Morgan fingerprint density at radius 1 is 1.67 bits per heavy atom. The van der Waals surface area contributed by atoms with Gasteiger partial charge in [0.1, 0.15) is 16.3 Å². The van der Waals surface area contributed by atoms with Crippen molar-refractivity contribution in [1.29, 1.82) is 0 Å². The smallest absolute Gasteiger partial charge is 0.146 e. The molecule has 0 saturated heterocycles. The Kier molecular flexibility index (Phi) is 3.16. The lowest BCUT2D eigenvalue weighted by Crippen LogP contribution is -2.05. The molecule has 1 atom stereocenters. The van der Waals surface area contributed by atoms with Crippen molar-refractivity contribution in [2.75, 3.05) is 0 Å². The van der Waals surface area contributed by atoms with Gasteiger partial charge in [0.15, 0.2) is 0 Å². The summed E-state index contributed by atoms with van der Waals surface area (Å²) in [6.07, 6.45) is 2.73. The quantitative estimate of drug-likeness (QED) is 0.926. The van der Waals surface area contributed by atoms with Gasteiger partial charge in [-0.15, -0.1) is 11.3 Å². The van der Waals surface area contributed by atoms with E-state index in [1.807, 2.05) is 13.1 Å². The van der Waals surface area contributed by atoms with Gasteiger partial charge in [0.25, 0.3) is 0 Å². The zero-order chi connectivity index (χ0) is 11.0. The predicted molar refractivity (Wildman–Crippen MR) is 64.3 cm³/mol. The Balaban J connectivity index is 2.36. The topological polar surface area (TPSA) is 38.0 Å². The van der Waals surface area contributed by atoms with Crippen LogP contribution in [0.1, 0.15) is 16.8 Å². The number of hydrogen-bond donors (Lipinski definition) is 1. The monoisotopic (exact) mass is 306 g/mol. The van der Waals surface area contributed by atoms with Crippen molar-refractivity contribution in [1.82, 2.24) is 9.55 Å². The van der Waals surface area contributed by atoms with E-state index >= 15 is 0 Å². The van der Waals surface area contributed by atoms with E-state index in [1.54, 1.807) is 17.0 Å². The molecule has 1 N–H and O–H groups in total. The summed E-state index contributed by atoms with van der Waals surface area (Å²) in [5, 5.41) is 10.0. The van der Waals surface area contributed by atoms with Crippen LogP contribution in [0, 0.1) is 0 Å². The summed E-state index contributed by atoms with van der Waals surface area (Å²) < 4.78 is 3.22. The first-order valence-corrected chi connectivity index (χ1v) is 6.18. The largest absolute Gasteiger partial charge is 0.380 e. The number of thiophene rings is 1. The van der Waals surface area contributed by atoms with Crippen LogP contribution in [0.4, 0.5) is 0 Å². The molecule has 0 amide bonds. The Bertz CT molecular complexity index is 463. The van der Waals surface area contributed by atoms with Crippen molar-refractivity contribution in [2.24, 2.45) is 7.05 Å². The average molecular weight is 308 g/mol. The molecule has 0 aliphatic heterocycles. The van der Waals surface area contributed by atoms with Crippen LogP contribution in [0.15, 0.2) is 22.9 Å². The van der Waals surface area contributed by atoms with Crippen molar-refractivity contribution in [2.45, 2.75) is 6.10 Å². The van der Waals surface area contributed by atoms with Gasteiger partial charge in [-0.1, -0.05) is 11.6 Å². The number of rotatable bonds is 2. The molecule has 2 aromatic rings. The maximum absolute atomic E-state index is 10.0. The number of aliphatic hydroxyl groups excluding tert-OH is 1. The van der Waals surface area contributed by atoms with Crippen LogP contribution in [0.25, 0.3) is 0 Å². The number of imidazole rings is 1. The zero-order valence-corrected chi connectivity index (χ0v) is 11.0. The highest BCUT2D eigenvalue weighted by atomic mass is 79.9. The molecule has 2 rings (SSSR count). The molecule has 0 aliphatic carbocycles. The lowest BCUT2D eigenvalue weighted by atomic mass is 10.3. The van der Waals surface area contributed by atoms with Crippen molar-refractivity contribution in [3.63, 3.8) is 0 Å². The molecule has 0 fully saturated rings. The van der Waals surface area contributed by atoms with Gasteiger partial charge in [0.05, 0.1) is 0 Å². The Morgan fingerprint density at radius 2 is 2.40 bits per heavy atom. The third-order valence-electron chi connectivity index (χ3n) is 2.04. The highest BCUT2D eigenvalue weighted by molar-refractivity contribution is 9.10. The summed E-state index contributed by atoms with van der Waals surface area (Å²) in [4.78, 5) is 4.87. The minimum Gasteiger partial charge on any atom is -0.380 e. The van der Waals surface area contributed by atoms with Crippen LogP contribution in [0.3, 0.4) is 0 Å². The summed E-state index contributed by atoms with van der Waals surface area (Å²) in [5.74, 6) is 0.611. The van der Waals surface area contributed by atoms with Crippen LogP contribution in [0.2, 0.25) is 4.34 Å². The molecule has 2 aromatic heterocycles. The van der Waals surface area contributed by atoms with E-state index in [1.165, 1.54) is 11.3 Å². The Morgan fingerprint density at radius 3 is 2.87 bits per heavy atom. The van der Waals surface area contributed by atoms with Gasteiger partial charge in [0, 0.05) is 28.8 Å². The molecule has 0 spiro atoms. The van der Waals surface area contributed by atoms with Crippen LogP contribution in [-0.2, 0) is 7.05 Å². The van der Waals surface area contributed by atoms with Crippen LogP contribution in [-0.4, -0.2) is 14.7 Å². The second-order valence-electron chi connectivity index (χ2n) is 3.07. The second-order valence-corrected chi connectivity index (χ2v) is 5.61. The lowest BCUT2D eigenvalue weighted by molar-refractivity contribution is 0.210. The van der Waals surface area contributed by atoms with Gasteiger partial charge >= 0.3 is 0 Å². The molecule has 0 bridgehead atoms. The minimum atomic E-state index is -0.723. The van der Waals surface area contributed by atoms with Gasteiger partial charge in [-0.3, -0.25) is 0 Å². The van der Waals surface area contributed by atoms with E-state index in [0.29, 0.717) is 10.2 Å². The van der Waals surface area contributed by atoms with Crippen molar-refractivity contribution >= 4 is 38.9 Å². The average Bonchev–Trinajstić information content (AvgIpc) is 2.74. The van der Waals surface area contributed by atoms with E-state index in [-0.39, 0.29) is 0 Å². The first-order chi connectivity index (χ1) is 7.09. The van der Waals surface area contributed by atoms with Crippen molar-refractivity contribution in [3.05, 3.63) is 38.0 Å². The molecule has 0 aliphatic rings. The molecule has 80 valence electrons. The number of hydrogen-bond acceptors (Lipinski definition) is 3. The van der Waals surface area contributed by atoms with Gasteiger partial charge < -0.3 is 9.67 Å². The van der Waals surface area contributed by atoms with Crippen LogP contribution >= 0.6 is 38.9 Å². The zero-order valence-electron chi connectivity index (χ0n) is 7.82. The molecule has 1 unspecified atom stereocenters. The van der Waals surface area contributed by atoms with E-state index < -0.39 is 6.10 Å². The van der Waals surface area contributed by atoms with E-state index in [4.69, 9.17) is 11.6 Å². The number of halogens is 2.